The van der Waals surface area contributed by atoms with Gasteiger partial charge in [0.15, 0.2) is 11.5 Å². The van der Waals surface area contributed by atoms with Crippen molar-refractivity contribution in [3.8, 4) is 22.8 Å². The molecule has 152 valence electrons. The van der Waals surface area contributed by atoms with Crippen LogP contribution in [0.15, 0.2) is 45.6 Å². The Morgan fingerprint density at radius 3 is 2.76 bits per heavy atom. The average Bonchev–Trinajstić information content (AvgIpc) is 3.10. The van der Waals surface area contributed by atoms with Crippen molar-refractivity contribution in [1.82, 2.24) is 15.3 Å². The Balaban J connectivity index is 1.94. The second-order valence-corrected chi connectivity index (χ2v) is 8.11. The smallest absolute Gasteiger partial charge is 0.404 e. The van der Waals surface area contributed by atoms with Crippen LogP contribution in [0.5, 0.6) is 11.5 Å². The first-order valence-corrected chi connectivity index (χ1v) is 10.1. The molecule has 1 amide bonds. The molecule has 3 rings (SSSR count). The van der Waals surface area contributed by atoms with Crippen LogP contribution in [0.3, 0.4) is 0 Å². The third kappa shape index (κ3) is 5.15. The maximum Gasteiger partial charge on any atom is 0.404 e. The number of benzene rings is 1. The largest absolute Gasteiger partial charge is 0.493 e. The van der Waals surface area contributed by atoms with Crippen molar-refractivity contribution < 1.29 is 23.8 Å². The number of carboxylic acid groups (broad SMARTS) is 1. The van der Waals surface area contributed by atoms with Crippen LogP contribution >= 0.6 is 23.1 Å². The van der Waals surface area contributed by atoms with Crippen molar-refractivity contribution in [2.75, 3.05) is 20.8 Å². The lowest BCUT2D eigenvalue weighted by atomic mass is 10.2. The number of rotatable bonds is 8. The van der Waals surface area contributed by atoms with E-state index < -0.39 is 12.0 Å². The molecule has 2 heterocycles. The maximum atomic E-state index is 14.3. The fourth-order valence-electron chi connectivity index (χ4n) is 2.52. The van der Waals surface area contributed by atoms with Gasteiger partial charge in [0, 0.05) is 24.1 Å². The lowest BCUT2D eigenvalue weighted by molar-refractivity contribution is 0.194. The first-order valence-electron chi connectivity index (χ1n) is 8.49. The highest BCUT2D eigenvalue weighted by Gasteiger charge is 2.19. The molecule has 0 radical (unpaired) electrons. The quantitative estimate of drug-likeness (QED) is 0.509. The van der Waals surface area contributed by atoms with E-state index in [0.717, 1.165) is 9.10 Å². The Hall–Kier alpha value is -2.85. The third-order valence-electron chi connectivity index (χ3n) is 3.84. The van der Waals surface area contributed by atoms with Crippen LogP contribution in [0.4, 0.5) is 9.18 Å². The van der Waals surface area contributed by atoms with E-state index in [1.165, 1.54) is 29.3 Å². The number of nitrogens with zero attached hydrogens (tertiary/aromatic N) is 2. The van der Waals surface area contributed by atoms with Crippen molar-refractivity contribution in [2.24, 2.45) is 0 Å². The number of carbonyl (C=O) groups is 1. The number of hydrogen-bond acceptors (Lipinski definition) is 7. The molecule has 29 heavy (non-hydrogen) atoms. The van der Waals surface area contributed by atoms with E-state index in [-0.39, 0.29) is 6.54 Å². The van der Waals surface area contributed by atoms with E-state index in [9.17, 15) is 9.18 Å². The van der Waals surface area contributed by atoms with E-state index in [1.54, 1.807) is 32.4 Å². The van der Waals surface area contributed by atoms with Gasteiger partial charge in [-0.15, -0.1) is 11.3 Å². The fraction of sp³-hybridized carbons (Fsp3) is 0.211. The number of hydrogen-bond donors (Lipinski definition) is 2. The number of pyridine rings is 1. The summed E-state index contributed by atoms with van der Waals surface area (Å²) in [5, 5.41) is 11.7. The first kappa shape index (κ1) is 20.9. The van der Waals surface area contributed by atoms with Gasteiger partial charge in [0.05, 0.1) is 29.0 Å². The summed E-state index contributed by atoms with van der Waals surface area (Å²) in [6, 6.07) is 8.77. The molecule has 0 unspecified atom stereocenters. The summed E-state index contributed by atoms with van der Waals surface area (Å²) < 4.78 is 25.7. The van der Waals surface area contributed by atoms with Crippen LogP contribution < -0.4 is 14.8 Å². The molecule has 1 aromatic carbocycles. The maximum absolute atomic E-state index is 14.3. The predicted molar refractivity (Wildman–Crippen MR) is 109 cm³/mol. The van der Waals surface area contributed by atoms with Gasteiger partial charge in [-0.1, -0.05) is 11.8 Å². The number of aromatic nitrogens is 2. The van der Waals surface area contributed by atoms with E-state index in [0.29, 0.717) is 34.2 Å². The minimum atomic E-state index is -1.10. The summed E-state index contributed by atoms with van der Waals surface area (Å²) in [4.78, 5) is 19.8. The van der Waals surface area contributed by atoms with Gasteiger partial charge in [0.2, 0.25) is 5.95 Å². The van der Waals surface area contributed by atoms with Crippen molar-refractivity contribution in [1.29, 1.82) is 0 Å². The van der Waals surface area contributed by atoms with Gasteiger partial charge in [0.1, 0.15) is 5.69 Å². The Morgan fingerprint density at radius 1 is 1.28 bits per heavy atom. The normalized spacial score (nSPS) is 10.6. The molecular formula is C19H18FN3O4S2. The second-order valence-electron chi connectivity index (χ2n) is 5.69. The number of methoxy groups -OCH3 is 2. The molecule has 0 spiro atoms. The Bertz CT molecular complexity index is 1010. The number of thiazole rings is 1. The van der Waals surface area contributed by atoms with Crippen molar-refractivity contribution >= 4 is 29.2 Å². The highest BCUT2D eigenvalue weighted by atomic mass is 32.2. The number of nitrogens with one attached hydrogen (secondary N) is 1. The standard InChI is InChI=1S/C19H18FN3O4S2/c1-26-13-6-5-11(10-14(13)27-2)28-18-16(12-4-3-8-21-17(12)20)23-15(29-18)7-9-22-19(24)25/h3-6,8,10,22H,7,9H2,1-2H3,(H,24,25). The minimum Gasteiger partial charge on any atom is -0.493 e. The second kappa shape index (κ2) is 9.57. The van der Waals surface area contributed by atoms with E-state index >= 15 is 0 Å². The van der Waals surface area contributed by atoms with Gasteiger partial charge >= 0.3 is 6.09 Å². The van der Waals surface area contributed by atoms with Crippen LogP contribution in [0.2, 0.25) is 0 Å². The number of amides is 1. The van der Waals surface area contributed by atoms with Gasteiger partial charge < -0.3 is 19.9 Å². The highest BCUT2D eigenvalue weighted by Crippen LogP contribution is 2.42. The molecule has 0 saturated heterocycles. The summed E-state index contributed by atoms with van der Waals surface area (Å²) in [7, 11) is 3.12. The summed E-state index contributed by atoms with van der Waals surface area (Å²) in [6.07, 6.45) is 0.683. The van der Waals surface area contributed by atoms with E-state index in [2.05, 4.69) is 15.3 Å². The van der Waals surface area contributed by atoms with E-state index in [4.69, 9.17) is 14.6 Å². The Labute approximate surface area is 174 Å². The molecule has 0 aliphatic carbocycles. The van der Waals surface area contributed by atoms with Crippen molar-refractivity contribution in [3.63, 3.8) is 0 Å². The topological polar surface area (TPSA) is 93.6 Å². The fourth-order valence-corrected chi connectivity index (χ4v) is 4.84. The number of halogens is 1. The molecule has 2 aromatic heterocycles. The molecule has 0 atom stereocenters. The summed E-state index contributed by atoms with van der Waals surface area (Å²) >= 11 is 2.80. The monoisotopic (exact) mass is 435 g/mol. The molecule has 0 bridgehead atoms. The Kier molecular flexibility index (Phi) is 6.89. The van der Waals surface area contributed by atoms with Gasteiger partial charge in [0.25, 0.3) is 0 Å². The van der Waals surface area contributed by atoms with Crippen LogP contribution in [0.1, 0.15) is 5.01 Å². The van der Waals surface area contributed by atoms with Crippen LogP contribution in [0, 0.1) is 5.95 Å². The lowest BCUT2D eigenvalue weighted by Gasteiger charge is -2.09. The molecule has 7 nitrogen and oxygen atoms in total. The summed E-state index contributed by atoms with van der Waals surface area (Å²) in [5.74, 6) is 0.587. The average molecular weight is 436 g/mol. The van der Waals surface area contributed by atoms with Crippen LogP contribution in [0.25, 0.3) is 11.3 Å². The molecule has 0 aliphatic heterocycles. The highest BCUT2D eigenvalue weighted by molar-refractivity contribution is 8.01. The third-order valence-corrected chi connectivity index (χ3v) is 6.11. The first-order chi connectivity index (χ1) is 14.0. The SMILES string of the molecule is COc1ccc(Sc2sc(CCNC(=O)O)nc2-c2cccnc2F)cc1OC. The molecule has 2 N–H and O–H groups in total. The molecule has 0 fully saturated rings. The van der Waals surface area contributed by atoms with Crippen LogP contribution in [-0.4, -0.2) is 41.9 Å². The zero-order valence-corrected chi connectivity index (χ0v) is 17.3. The predicted octanol–water partition coefficient (Wildman–Crippen LogP) is 4.32. The summed E-state index contributed by atoms with van der Waals surface area (Å²) in [6.45, 7) is 0.221. The molecule has 3 aromatic rings. The Morgan fingerprint density at radius 2 is 2.07 bits per heavy atom. The molecular weight excluding hydrogens is 417 g/mol. The van der Waals surface area contributed by atoms with Gasteiger partial charge in [-0.2, -0.15) is 4.39 Å². The zero-order chi connectivity index (χ0) is 20.8. The van der Waals surface area contributed by atoms with Crippen molar-refractivity contribution in [3.05, 3.63) is 47.5 Å². The minimum absolute atomic E-state index is 0.221. The zero-order valence-electron chi connectivity index (χ0n) is 15.6. The molecule has 0 aliphatic rings. The van der Waals surface area contributed by atoms with Crippen molar-refractivity contribution in [2.45, 2.75) is 15.5 Å². The molecule has 0 saturated carbocycles. The van der Waals surface area contributed by atoms with E-state index in [1.807, 2.05) is 12.1 Å². The lowest BCUT2D eigenvalue weighted by Crippen LogP contribution is -2.23. The number of ether oxygens (including phenoxy) is 2. The van der Waals surface area contributed by atoms with Gasteiger partial charge in [-0.25, -0.2) is 14.8 Å². The molecule has 10 heteroatoms. The van der Waals surface area contributed by atoms with Gasteiger partial charge in [-0.3, -0.25) is 0 Å². The van der Waals surface area contributed by atoms with Gasteiger partial charge in [-0.05, 0) is 30.3 Å². The summed E-state index contributed by atoms with van der Waals surface area (Å²) in [5.41, 5.74) is 0.773. The van der Waals surface area contributed by atoms with Crippen LogP contribution in [-0.2, 0) is 6.42 Å².